The van der Waals surface area contributed by atoms with Gasteiger partial charge in [-0.15, -0.1) is 0 Å². The van der Waals surface area contributed by atoms with Crippen LogP contribution < -0.4 is 15.1 Å². The Morgan fingerprint density at radius 3 is 2.54 bits per heavy atom. The molecule has 3 aliphatic rings. The molecule has 3 heterocycles. The summed E-state index contributed by atoms with van der Waals surface area (Å²) in [7, 11) is 1.89. The minimum atomic E-state index is -0.823. The SMILES string of the molecule is CN1C(=O)C2(Nc3ccccc3N3CCc4ccccc4C32)c2ccccc21. The molecule has 2 unspecified atom stereocenters. The van der Waals surface area contributed by atoms with Crippen LogP contribution in [0.3, 0.4) is 0 Å². The number of nitrogens with one attached hydrogen (secondary N) is 1. The number of hydrogen-bond acceptors (Lipinski definition) is 3. The van der Waals surface area contributed by atoms with E-state index in [0.29, 0.717) is 0 Å². The fourth-order valence-electron chi connectivity index (χ4n) is 5.38. The lowest BCUT2D eigenvalue weighted by Crippen LogP contribution is -2.59. The van der Waals surface area contributed by atoms with E-state index < -0.39 is 5.54 Å². The smallest absolute Gasteiger partial charge is 0.259 e. The van der Waals surface area contributed by atoms with Crippen molar-refractivity contribution in [3.63, 3.8) is 0 Å². The standard InChI is InChI=1S/C24H21N3O/c1-26-20-12-6-4-10-18(20)24(23(26)28)22-17-9-3-2-8-16(17)14-15-27(22)21-13-7-5-11-19(21)25-24/h2-13,22,25H,14-15H2,1H3. The fourth-order valence-corrected chi connectivity index (χ4v) is 5.38. The molecule has 0 aliphatic carbocycles. The average Bonchev–Trinajstić information content (AvgIpc) is 2.96. The molecular formula is C24H21N3O. The van der Waals surface area contributed by atoms with Gasteiger partial charge in [0, 0.05) is 24.8 Å². The summed E-state index contributed by atoms with van der Waals surface area (Å²) in [5, 5.41) is 3.72. The first kappa shape index (κ1) is 15.8. The van der Waals surface area contributed by atoms with E-state index in [0.717, 1.165) is 29.9 Å². The van der Waals surface area contributed by atoms with E-state index in [1.807, 2.05) is 36.2 Å². The topological polar surface area (TPSA) is 35.6 Å². The molecule has 0 saturated carbocycles. The molecular weight excluding hydrogens is 346 g/mol. The summed E-state index contributed by atoms with van der Waals surface area (Å²) in [6.45, 7) is 0.904. The van der Waals surface area contributed by atoms with Gasteiger partial charge in [-0.1, -0.05) is 54.6 Å². The summed E-state index contributed by atoms with van der Waals surface area (Å²) in [5.74, 6) is 0.106. The Labute approximate surface area is 164 Å². The van der Waals surface area contributed by atoms with Crippen LogP contribution in [-0.4, -0.2) is 19.5 Å². The highest BCUT2D eigenvalue weighted by Gasteiger charge is 2.60. The quantitative estimate of drug-likeness (QED) is 0.650. The lowest BCUT2D eigenvalue weighted by atomic mass is 9.73. The minimum absolute atomic E-state index is 0.0778. The maximum Gasteiger partial charge on any atom is 0.259 e. The first-order chi connectivity index (χ1) is 13.7. The van der Waals surface area contributed by atoms with Crippen molar-refractivity contribution in [2.75, 3.05) is 28.7 Å². The molecule has 0 radical (unpaired) electrons. The highest BCUT2D eigenvalue weighted by molar-refractivity contribution is 6.11. The molecule has 0 saturated heterocycles. The van der Waals surface area contributed by atoms with Crippen LogP contribution in [0, 0.1) is 0 Å². The van der Waals surface area contributed by atoms with Crippen LogP contribution in [0.25, 0.3) is 0 Å². The second-order valence-electron chi connectivity index (χ2n) is 7.88. The van der Waals surface area contributed by atoms with Gasteiger partial charge in [0.25, 0.3) is 5.91 Å². The summed E-state index contributed by atoms with van der Waals surface area (Å²) in [6.07, 6.45) is 0.989. The normalized spacial score (nSPS) is 24.3. The van der Waals surface area contributed by atoms with Crippen molar-refractivity contribution in [1.82, 2.24) is 0 Å². The zero-order chi connectivity index (χ0) is 18.9. The molecule has 28 heavy (non-hydrogen) atoms. The van der Waals surface area contributed by atoms with E-state index in [2.05, 4.69) is 58.7 Å². The van der Waals surface area contributed by atoms with Gasteiger partial charge in [0.15, 0.2) is 5.54 Å². The van der Waals surface area contributed by atoms with Crippen molar-refractivity contribution in [3.05, 3.63) is 89.5 Å². The summed E-state index contributed by atoms with van der Waals surface area (Å²) in [6, 6.07) is 25.1. The number of anilines is 3. The van der Waals surface area contributed by atoms with Crippen molar-refractivity contribution >= 4 is 23.0 Å². The highest BCUT2D eigenvalue weighted by atomic mass is 16.2. The van der Waals surface area contributed by atoms with Crippen LogP contribution in [0.4, 0.5) is 17.1 Å². The second kappa shape index (κ2) is 5.38. The van der Waals surface area contributed by atoms with E-state index in [9.17, 15) is 4.79 Å². The lowest BCUT2D eigenvalue weighted by Gasteiger charge is -2.52. The van der Waals surface area contributed by atoms with E-state index in [4.69, 9.17) is 0 Å². The Kier molecular flexibility index (Phi) is 3.03. The van der Waals surface area contributed by atoms with Gasteiger partial charge in [-0.2, -0.15) is 0 Å². The molecule has 4 nitrogen and oxygen atoms in total. The Morgan fingerprint density at radius 2 is 1.64 bits per heavy atom. The fraction of sp³-hybridized carbons (Fsp3) is 0.208. The van der Waals surface area contributed by atoms with Crippen LogP contribution in [0.1, 0.15) is 22.7 Å². The highest BCUT2D eigenvalue weighted by Crippen LogP contribution is 2.57. The van der Waals surface area contributed by atoms with E-state index in [-0.39, 0.29) is 11.9 Å². The van der Waals surface area contributed by atoms with Gasteiger partial charge < -0.3 is 15.1 Å². The number of benzene rings is 3. The van der Waals surface area contributed by atoms with Crippen molar-refractivity contribution < 1.29 is 4.79 Å². The van der Waals surface area contributed by atoms with Crippen LogP contribution in [0.2, 0.25) is 0 Å². The van der Waals surface area contributed by atoms with Crippen molar-refractivity contribution in [1.29, 1.82) is 0 Å². The van der Waals surface area contributed by atoms with Crippen molar-refractivity contribution in [2.24, 2.45) is 0 Å². The number of fused-ring (bicyclic) bond motifs is 8. The molecule has 3 aromatic rings. The number of hydrogen-bond donors (Lipinski definition) is 1. The molecule has 0 bridgehead atoms. The molecule has 0 fully saturated rings. The molecule has 0 aromatic heterocycles. The number of carbonyl (C=O) groups excluding carboxylic acids is 1. The Bertz CT molecular complexity index is 1120. The summed E-state index contributed by atoms with van der Waals surface area (Å²) in [4.78, 5) is 18.1. The largest absolute Gasteiger partial charge is 0.364 e. The number of likely N-dealkylation sites (N-methyl/N-ethyl adjacent to an activating group) is 1. The number of nitrogens with zero attached hydrogens (tertiary/aromatic N) is 2. The van der Waals surface area contributed by atoms with Crippen molar-refractivity contribution in [2.45, 2.75) is 18.0 Å². The predicted octanol–water partition coefficient (Wildman–Crippen LogP) is 4.09. The van der Waals surface area contributed by atoms with Crippen LogP contribution in [0.5, 0.6) is 0 Å². The van der Waals surface area contributed by atoms with E-state index in [1.165, 1.54) is 16.8 Å². The molecule has 1 spiro atoms. The minimum Gasteiger partial charge on any atom is -0.364 e. The van der Waals surface area contributed by atoms with Gasteiger partial charge in [-0.25, -0.2) is 0 Å². The number of amides is 1. The first-order valence-electron chi connectivity index (χ1n) is 9.81. The zero-order valence-corrected chi connectivity index (χ0v) is 15.7. The summed E-state index contributed by atoms with van der Waals surface area (Å²) in [5.41, 5.74) is 6.00. The number of rotatable bonds is 0. The Hall–Kier alpha value is -3.27. The van der Waals surface area contributed by atoms with Gasteiger partial charge in [0.2, 0.25) is 0 Å². The molecule has 3 aromatic carbocycles. The zero-order valence-electron chi connectivity index (χ0n) is 15.7. The average molecular weight is 367 g/mol. The van der Waals surface area contributed by atoms with Crippen LogP contribution in [-0.2, 0) is 16.8 Å². The maximum absolute atomic E-state index is 13.9. The van der Waals surface area contributed by atoms with Crippen LogP contribution >= 0.6 is 0 Å². The maximum atomic E-state index is 13.9. The Balaban J connectivity index is 1.70. The van der Waals surface area contributed by atoms with Crippen molar-refractivity contribution in [3.8, 4) is 0 Å². The molecule has 1 amide bonds. The van der Waals surface area contributed by atoms with Gasteiger partial charge in [-0.05, 0) is 35.7 Å². The third kappa shape index (κ3) is 1.78. The monoisotopic (exact) mass is 367 g/mol. The Morgan fingerprint density at radius 1 is 0.929 bits per heavy atom. The van der Waals surface area contributed by atoms with Crippen LogP contribution in [0.15, 0.2) is 72.8 Å². The van der Waals surface area contributed by atoms with Gasteiger partial charge in [0.05, 0.1) is 17.4 Å². The molecule has 138 valence electrons. The number of carbonyl (C=O) groups is 1. The predicted molar refractivity (Wildman–Crippen MR) is 112 cm³/mol. The van der Waals surface area contributed by atoms with Gasteiger partial charge in [-0.3, -0.25) is 4.79 Å². The number of para-hydroxylation sites is 3. The molecule has 1 N–H and O–H groups in total. The summed E-state index contributed by atoms with van der Waals surface area (Å²) < 4.78 is 0. The first-order valence-corrected chi connectivity index (χ1v) is 9.81. The second-order valence-corrected chi connectivity index (χ2v) is 7.88. The van der Waals surface area contributed by atoms with Gasteiger partial charge in [0.1, 0.15) is 0 Å². The third-order valence-corrected chi connectivity index (χ3v) is 6.57. The molecule has 3 aliphatic heterocycles. The molecule has 6 rings (SSSR count). The third-order valence-electron chi connectivity index (χ3n) is 6.57. The van der Waals surface area contributed by atoms with E-state index >= 15 is 0 Å². The van der Waals surface area contributed by atoms with E-state index in [1.54, 1.807) is 0 Å². The van der Waals surface area contributed by atoms with Gasteiger partial charge >= 0.3 is 0 Å². The molecule has 4 heteroatoms. The summed E-state index contributed by atoms with van der Waals surface area (Å²) >= 11 is 0. The lowest BCUT2D eigenvalue weighted by molar-refractivity contribution is -0.122. The molecule has 2 atom stereocenters.